The summed E-state index contributed by atoms with van der Waals surface area (Å²) in [7, 11) is 0. The van der Waals surface area contributed by atoms with E-state index in [2.05, 4.69) is 67.8 Å². The van der Waals surface area contributed by atoms with Crippen molar-refractivity contribution in [2.45, 2.75) is 418 Å². The lowest BCUT2D eigenvalue weighted by molar-refractivity contribution is -0.143. The average molecular weight is 1190 g/mol. The second-order valence-electron chi connectivity index (χ2n) is 26.0. The summed E-state index contributed by atoms with van der Waals surface area (Å²) in [5.74, 6) is -0.0546. The Morgan fingerprint density at radius 3 is 0.918 bits per heavy atom. The van der Waals surface area contributed by atoms with Crippen LogP contribution in [0.3, 0.4) is 0 Å². The Kier molecular flexibility index (Phi) is 71.9. The van der Waals surface area contributed by atoms with Gasteiger partial charge in [0.05, 0.1) is 25.4 Å². The molecule has 0 radical (unpaired) electrons. The number of allylic oxidation sites excluding steroid dienone is 9. The molecule has 0 aromatic heterocycles. The number of hydrogen-bond acceptors (Lipinski definition) is 5. The molecule has 3 N–H and O–H groups in total. The number of carbonyl (C=O) groups is 2. The van der Waals surface area contributed by atoms with Crippen molar-refractivity contribution in [2.75, 3.05) is 13.2 Å². The number of aliphatic hydroxyl groups is 2. The largest absolute Gasteiger partial charge is 0.466 e. The summed E-state index contributed by atoms with van der Waals surface area (Å²) in [6.07, 6.45) is 99.0. The minimum Gasteiger partial charge on any atom is -0.466 e. The number of carbonyl (C=O) groups excluding carboxylic acids is 2. The fourth-order valence-electron chi connectivity index (χ4n) is 11.7. The molecule has 2 atom stereocenters. The van der Waals surface area contributed by atoms with Crippen molar-refractivity contribution < 1.29 is 24.5 Å². The minimum atomic E-state index is -0.844. The zero-order valence-electron chi connectivity index (χ0n) is 57.1. The molecule has 0 aliphatic heterocycles. The molecular weight excluding hydrogens is 1040 g/mol. The Hall–Kier alpha value is -2.44. The van der Waals surface area contributed by atoms with E-state index in [0.717, 1.165) is 57.8 Å². The first kappa shape index (κ1) is 82.6. The van der Waals surface area contributed by atoms with Gasteiger partial charge in [-0.3, -0.25) is 9.59 Å². The fraction of sp³-hybridized carbons (Fsp3) is 0.848. The van der Waals surface area contributed by atoms with Crippen LogP contribution >= 0.6 is 0 Å². The van der Waals surface area contributed by atoms with Crippen LogP contribution in [0.4, 0.5) is 0 Å². The van der Waals surface area contributed by atoms with Crippen molar-refractivity contribution in [3.63, 3.8) is 0 Å². The van der Waals surface area contributed by atoms with E-state index in [0.29, 0.717) is 19.4 Å². The van der Waals surface area contributed by atoms with Gasteiger partial charge in [-0.2, -0.15) is 0 Å². The molecule has 0 bridgehead atoms. The van der Waals surface area contributed by atoms with Gasteiger partial charge in [0, 0.05) is 12.8 Å². The molecule has 0 aromatic carbocycles. The summed E-state index contributed by atoms with van der Waals surface area (Å²) in [4.78, 5) is 24.6. The number of ether oxygens (including phenoxy) is 1. The topological polar surface area (TPSA) is 95.9 Å². The monoisotopic (exact) mass is 1190 g/mol. The van der Waals surface area contributed by atoms with Gasteiger partial charge in [0.2, 0.25) is 5.91 Å². The van der Waals surface area contributed by atoms with Gasteiger partial charge in [-0.15, -0.1) is 0 Å². The van der Waals surface area contributed by atoms with Gasteiger partial charge >= 0.3 is 5.97 Å². The van der Waals surface area contributed by atoms with Crippen LogP contribution in [0.5, 0.6) is 0 Å². The molecule has 0 fully saturated rings. The van der Waals surface area contributed by atoms with Crippen LogP contribution in [0.2, 0.25) is 0 Å². The second-order valence-corrected chi connectivity index (χ2v) is 26.0. The molecule has 0 rings (SSSR count). The lowest BCUT2D eigenvalue weighted by Crippen LogP contribution is -2.45. The van der Waals surface area contributed by atoms with Gasteiger partial charge in [0.25, 0.3) is 0 Å². The Morgan fingerprint density at radius 1 is 0.329 bits per heavy atom. The first-order valence-corrected chi connectivity index (χ1v) is 38.1. The molecule has 6 nitrogen and oxygen atoms in total. The second kappa shape index (κ2) is 74.0. The number of amides is 1. The van der Waals surface area contributed by atoms with E-state index in [1.54, 1.807) is 6.08 Å². The third kappa shape index (κ3) is 70.5. The zero-order valence-corrected chi connectivity index (χ0v) is 57.1. The molecular formula is C79H147NO5. The van der Waals surface area contributed by atoms with Crippen molar-refractivity contribution in [3.05, 3.63) is 60.8 Å². The summed E-state index contributed by atoms with van der Waals surface area (Å²) in [5.41, 5.74) is 0. The van der Waals surface area contributed by atoms with Crippen molar-refractivity contribution in [1.82, 2.24) is 5.32 Å². The Bertz CT molecular complexity index is 1470. The van der Waals surface area contributed by atoms with Crippen LogP contribution < -0.4 is 5.32 Å². The predicted octanol–water partition coefficient (Wildman–Crippen LogP) is 25.0. The van der Waals surface area contributed by atoms with Gasteiger partial charge in [0.1, 0.15) is 0 Å². The summed E-state index contributed by atoms with van der Waals surface area (Å²) in [6, 6.07) is -0.627. The van der Waals surface area contributed by atoms with Gasteiger partial charge in [0.15, 0.2) is 0 Å². The van der Waals surface area contributed by atoms with E-state index >= 15 is 0 Å². The third-order valence-corrected chi connectivity index (χ3v) is 17.5. The van der Waals surface area contributed by atoms with E-state index in [9.17, 15) is 19.8 Å². The lowest BCUT2D eigenvalue weighted by Gasteiger charge is -2.20. The standard InChI is InChI=1S/C79H147NO5/c1-3-5-7-9-11-13-15-17-19-40-45-49-53-57-61-65-69-73-79(84)85-74-70-66-62-58-54-50-46-42-39-37-35-33-31-29-27-25-23-21-22-24-26-28-30-32-34-36-38-41-44-48-52-56-60-64-68-72-78(83)80-76(75-81)77(82)71-67-63-59-55-51-47-43-20-18-16-14-12-10-8-6-4-2/h11,13,17,19,23,25,29,31,67,71,76-77,81-82H,3-10,12,14-16,18,20-22,24,26-28,30,32-66,68-70,72-75H2,1-2H3,(H,80,83)/b13-11-,19-17-,25-23-,31-29-,71-67+. The van der Waals surface area contributed by atoms with E-state index in [1.807, 2.05) is 6.08 Å². The van der Waals surface area contributed by atoms with E-state index in [4.69, 9.17) is 4.74 Å². The molecule has 498 valence electrons. The molecule has 0 heterocycles. The first-order chi connectivity index (χ1) is 42.0. The molecule has 1 amide bonds. The van der Waals surface area contributed by atoms with E-state index in [1.165, 1.54) is 321 Å². The van der Waals surface area contributed by atoms with Crippen LogP contribution in [0.1, 0.15) is 406 Å². The Labute approximate surface area is 530 Å². The van der Waals surface area contributed by atoms with Crippen molar-refractivity contribution in [3.8, 4) is 0 Å². The molecule has 2 unspecified atom stereocenters. The van der Waals surface area contributed by atoms with Crippen LogP contribution in [0.25, 0.3) is 0 Å². The Morgan fingerprint density at radius 2 is 0.588 bits per heavy atom. The number of hydrogen-bond donors (Lipinski definition) is 3. The predicted molar refractivity (Wildman–Crippen MR) is 375 cm³/mol. The number of nitrogens with one attached hydrogen (secondary N) is 1. The van der Waals surface area contributed by atoms with Crippen LogP contribution in [-0.4, -0.2) is 47.4 Å². The van der Waals surface area contributed by atoms with Crippen LogP contribution in [-0.2, 0) is 14.3 Å². The average Bonchev–Trinajstić information content (AvgIpc) is 3.51. The summed E-state index contributed by atoms with van der Waals surface area (Å²) < 4.78 is 5.50. The molecule has 0 spiro atoms. The quantitative estimate of drug-likeness (QED) is 0.0320. The maximum absolute atomic E-state index is 12.5. The Balaban J connectivity index is 3.39. The molecule has 0 aliphatic carbocycles. The minimum absolute atomic E-state index is 0.00881. The van der Waals surface area contributed by atoms with Crippen molar-refractivity contribution in [2.24, 2.45) is 0 Å². The normalized spacial score (nSPS) is 12.8. The van der Waals surface area contributed by atoms with Crippen LogP contribution in [0.15, 0.2) is 60.8 Å². The highest BCUT2D eigenvalue weighted by Crippen LogP contribution is 2.18. The van der Waals surface area contributed by atoms with Gasteiger partial charge in [-0.25, -0.2) is 0 Å². The number of unbranched alkanes of at least 4 members (excludes halogenated alkanes) is 52. The molecule has 0 saturated carbocycles. The van der Waals surface area contributed by atoms with Gasteiger partial charge in [-0.1, -0.05) is 357 Å². The highest BCUT2D eigenvalue weighted by Gasteiger charge is 2.18. The molecule has 0 saturated heterocycles. The number of rotatable bonds is 71. The summed E-state index contributed by atoms with van der Waals surface area (Å²) in [5, 5.41) is 23.2. The van der Waals surface area contributed by atoms with Gasteiger partial charge in [-0.05, 0) is 96.3 Å². The maximum Gasteiger partial charge on any atom is 0.305 e. The highest BCUT2D eigenvalue weighted by molar-refractivity contribution is 5.76. The van der Waals surface area contributed by atoms with Gasteiger partial charge < -0.3 is 20.3 Å². The molecule has 6 heteroatoms. The fourth-order valence-corrected chi connectivity index (χ4v) is 11.7. The van der Waals surface area contributed by atoms with E-state index < -0.39 is 12.1 Å². The smallest absolute Gasteiger partial charge is 0.305 e. The highest BCUT2D eigenvalue weighted by atomic mass is 16.5. The van der Waals surface area contributed by atoms with Crippen LogP contribution in [0, 0.1) is 0 Å². The number of aliphatic hydroxyl groups excluding tert-OH is 2. The SMILES string of the molecule is CCCCC/C=C\C/C=C\CCCCCCCCCC(=O)OCCCCCCCCCCCCC/C=C\C/C=C\CCCCCCCCCCCCCCCCCCCC(=O)NC(CO)C(O)/C=C/CCCCCCCCCCCCCCCC. The molecule has 0 aromatic rings. The molecule has 0 aliphatic rings. The third-order valence-electron chi connectivity index (χ3n) is 17.5. The van der Waals surface area contributed by atoms with Crippen molar-refractivity contribution in [1.29, 1.82) is 0 Å². The lowest BCUT2D eigenvalue weighted by atomic mass is 10.0. The summed E-state index contributed by atoms with van der Waals surface area (Å²) in [6.45, 7) is 4.90. The number of esters is 1. The first-order valence-electron chi connectivity index (χ1n) is 38.1. The summed E-state index contributed by atoms with van der Waals surface area (Å²) >= 11 is 0. The van der Waals surface area contributed by atoms with E-state index in [-0.39, 0.29) is 18.5 Å². The maximum atomic E-state index is 12.5. The molecule has 85 heavy (non-hydrogen) atoms. The van der Waals surface area contributed by atoms with Crippen molar-refractivity contribution >= 4 is 11.9 Å². The zero-order chi connectivity index (χ0) is 61.3.